The maximum atomic E-state index is 6.12. The molecule has 0 bridgehead atoms. The van der Waals surface area contributed by atoms with Crippen LogP contribution in [0.2, 0.25) is 0 Å². The Bertz CT molecular complexity index is 3750. The monoisotopic (exact) mass is 865 g/mol. The third kappa shape index (κ3) is 7.36. The van der Waals surface area contributed by atoms with Crippen molar-refractivity contribution in [2.45, 2.75) is 33.1 Å². The van der Waals surface area contributed by atoms with Crippen LogP contribution in [0.5, 0.6) is 0 Å². The number of dihydropyridines is 1. The molecule has 2 aromatic heterocycles. The lowest BCUT2D eigenvalue weighted by Gasteiger charge is -2.17. The molecule has 0 N–H and O–H groups in total. The highest BCUT2D eigenvalue weighted by atomic mass is 32.1. The smallest absolute Gasteiger partial charge is 0.135 e. The lowest BCUT2D eigenvalue weighted by atomic mass is 9.89. The number of allylic oxidation sites excluding steroid dienone is 1. The Labute approximate surface area is 389 Å². The second kappa shape index (κ2) is 16.8. The van der Waals surface area contributed by atoms with Gasteiger partial charge >= 0.3 is 0 Å². The molecule has 0 spiro atoms. The number of furan rings is 1. The Balaban J connectivity index is 0.844. The zero-order valence-corrected chi connectivity index (χ0v) is 38.0. The number of para-hydroxylation sites is 1. The molecule has 0 atom stereocenters. The zero-order valence-electron chi connectivity index (χ0n) is 37.1. The highest BCUT2D eigenvalue weighted by Gasteiger charge is 2.16. The molecule has 12 rings (SSSR count). The third-order valence-electron chi connectivity index (χ3n) is 13.5. The van der Waals surface area contributed by atoms with Gasteiger partial charge in [0.2, 0.25) is 0 Å². The van der Waals surface area contributed by atoms with Crippen LogP contribution in [0.4, 0.5) is 0 Å². The van der Waals surface area contributed by atoms with Gasteiger partial charge in [0.15, 0.2) is 0 Å². The van der Waals surface area contributed by atoms with Gasteiger partial charge < -0.3 is 4.42 Å². The van der Waals surface area contributed by atoms with Crippen LogP contribution in [0, 0.1) is 0 Å². The quantitative estimate of drug-likeness (QED) is 0.142. The molecule has 316 valence electrons. The molecule has 0 aliphatic carbocycles. The fourth-order valence-electron chi connectivity index (χ4n) is 9.98. The first-order chi connectivity index (χ1) is 32.5. The SMILES string of the molecule is CCCc1ccc(-c2cccc(-c3cccc(-c4ccc5sc6ccc(-c7cccc(-c8cccc(-c9ccc%10oc%11ccccc%11c%10c9)c8)c7)cc6c5c4)c3)c2)cc1C1=C(C)CCN=C1. The number of nitrogens with zero attached hydrogens (tertiary/aromatic N) is 1. The molecule has 3 heterocycles. The van der Waals surface area contributed by atoms with E-state index in [9.17, 15) is 0 Å². The maximum Gasteiger partial charge on any atom is 0.135 e. The molecular formula is C63H47NOS. The average molecular weight is 866 g/mol. The van der Waals surface area contributed by atoms with Crippen molar-refractivity contribution in [3.8, 4) is 66.8 Å². The zero-order chi connectivity index (χ0) is 44.1. The van der Waals surface area contributed by atoms with Gasteiger partial charge in [-0.3, -0.25) is 4.99 Å². The molecule has 9 aromatic carbocycles. The van der Waals surface area contributed by atoms with Crippen LogP contribution in [0.25, 0.3) is 114 Å². The number of fused-ring (bicyclic) bond motifs is 6. The number of hydrogen-bond acceptors (Lipinski definition) is 3. The van der Waals surface area contributed by atoms with Crippen molar-refractivity contribution in [1.29, 1.82) is 0 Å². The van der Waals surface area contributed by atoms with Crippen molar-refractivity contribution in [3.05, 3.63) is 211 Å². The number of benzene rings is 9. The number of aliphatic imine (C=N–C) groups is 1. The molecule has 1 aliphatic heterocycles. The van der Waals surface area contributed by atoms with Gasteiger partial charge in [-0.1, -0.05) is 140 Å². The second-order valence-electron chi connectivity index (χ2n) is 17.8. The van der Waals surface area contributed by atoms with Crippen molar-refractivity contribution >= 4 is 65.2 Å². The van der Waals surface area contributed by atoms with Gasteiger partial charge in [0.1, 0.15) is 11.2 Å². The van der Waals surface area contributed by atoms with Crippen molar-refractivity contribution in [1.82, 2.24) is 0 Å². The summed E-state index contributed by atoms with van der Waals surface area (Å²) in [5.74, 6) is 0. The van der Waals surface area contributed by atoms with Crippen LogP contribution >= 0.6 is 11.3 Å². The summed E-state index contributed by atoms with van der Waals surface area (Å²) in [4.78, 5) is 4.67. The summed E-state index contributed by atoms with van der Waals surface area (Å²) in [5.41, 5.74) is 21.8. The van der Waals surface area contributed by atoms with Crippen LogP contribution in [0.1, 0.15) is 37.8 Å². The van der Waals surface area contributed by atoms with Gasteiger partial charge in [-0.2, -0.15) is 0 Å². The largest absolute Gasteiger partial charge is 0.456 e. The summed E-state index contributed by atoms with van der Waals surface area (Å²) >= 11 is 1.87. The summed E-state index contributed by atoms with van der Waals surface area (Å²) < 4.78 is 8.72. The first-order valence-electron chi connectivity index (χ1n) is 23.2. The van der Waals surface area contributed by atoms with Crippen molar-refractivity contribution in [3.63, 3.8) is 0 Å². The summed E-state index contributed by atoms with van der Waals surface area (Å²) in [5, 5.41) is 4.88. The van der Waals surface area contributed by atoms with Gasteiger partial charge in [-0.15, -0.1) is 11.3 Å². The summed E-state index contributed by atoms with van der Waals surface area (Å²) in [6.45, 7) is 5.41. The maximum absolute atomic E-state index is 6.12. The average Bonchev–Trinajstić information content (AvgIpc) is 3.94. The molecule has 0 radical (unpaired) electrons. The highest BCUT2D eigenvalue weighted by Crippen LogP contribution is 2.41. The number of aryl methyl sites for hydroxylation is 1. The van der Waals surface area contributed by atoms with E-state index in [0.29, 0.717) is 0 Å². The minimum absolute atomic E-state index is 0.884. The summed E-state index contributed by atoms with van der Waals surface area (Å²) in [6.07, 6.45) is 5.31. The highest BCUT2D eigenvalue weighted by molar-refractivity contribution is 7.25. The fraction of sp³-hybridized carbons (Fsp3) is 0.0952. The Hall–Kier alpha value is -7.59. The summed E-state index contributed by atoms with van der Waals surface area (Å²) in [7, 11) is 0. The van der Waals surface area contributed by atoms with E-state index in [1.807, 2.05) is 23.5 Å². The molecule has 0 amide bonds. The minimum atomic E-state index is 0.884. The van der Waals surface area contributed by atoms with Crippen LogP contribution in [0.15, 0.2) is 209 Å². The van der Waals surface area contributed by atoms with E-state index in [4.69, 9.17) is 4.42 Å². The molecule has 0 saturated carbocycles. The molecule has 11 aromatic rings. The third-order valence-corrected chi connectivity index (χ3v) is 14.7. The van der Waals surface area contributed by atoms with Crippen LogP contribution in [0.3, 0.4) is 0 Å². The summed E-state index contributed by atoms with van der Waals surface area (Å²) in [6, 6.07) is 71.7. The predicted molar refractivity (Wildman–Crippen MR) is 284 cm³/mol. The lowest BCUT2D eigenvalue weighted by Crippen LogP contribution is -2.03. The van der Waals surface area contributed by atoms with Gasteiger partial charge in [0.05, 0.1) is 0 Å². The van der Waals surface area contributed by atoms with E-state index >= 15 is 0 Å². The van der Waals surface area contributed by atoms with Gasteiger partial charge in [-0.25, -0.2) is 0 Å². The first kappa shape index (κ1) is 40.0. The molecule has 66 heavy (non-hydrogen) atoms. The Kier molecular flexibility index (Phi) is 10.1. The van der Waals surface area contributed by atoms with Crippen LogP contribution in [-0.4, -0.2) is 12.8 Å². The number of thiophene rings is 1. The van der Waals surface area contributed by atoms with Crippen molar-refractivity contribution < 1.29 is 4.42 Å². The molecule has 0 unspecified atom stereocenters. The van der Waals surface area contributed by atoms with Crippen molar-refractivity contribution in [2.24, 2.45) is 4.99 Å². The van der Waals surface area contributed by atoms with E-state index < -0.39 is 0 Å². The van der Waals surface area contributed by atoms with E-state index in [2.05, 4.69) is 207 Å². The molecular weight excluding hydrogens is 819 g/mol. The second-order valence-corrected chi connectivity index (χ2v) is 18.8. The van der Waals surface area contributed by atoms with Crippen LogP contribution < -0.4 is 0 Å². The standard InChI is InChI=1S/C63H47NOS/c1-3-10-41-21-22-50(35-55(41)59-39-64-30-29-40(59)2)46-15-6-11-42(31-46)44-13-8-17-48(33-44)52-24-27-62-57(37-52)58-38-53(25-28-63(58)66-62)49-18-9-14-45(34-49)43-12-7-16-47(32-43)51-23-26-61-56(36-51)54-19-4-5-20-60(54)65-61/h4-9,11-28,31-39H,3,10,29-30H2,1-2H3. The van der Waals surface area contributed by atoms with E-state index in [1.165, 1.54) is 109 Å². The number of rotatable bonds is 9. The Morgan fingerprint density at radius 2 is 0.894 bits per heavy atom. The topological polar surface area (TPSA) is 25.5 Å². The lowest BCUT2D eigenvalue weighted by molar-refractivity contribution is 0.669. The Morgan fingerprint density at radius 3 is 1.42 bits per heavy atom. The van der Waals surface area contributed by atoms with Gasteiger partial charge in [0, 0.05) is 43.7 Å². The first-order valence-corrected chi connectivity index (χ1v) is 24.0. The van der Waals surface area contributed by atoms with E-state index in [1.54, 1.807) is 0 Å². The van der Waals surface area contributed by atoms with Crippen molar-refractivity contribution in [2.75, 3.05) is 6.54 Å². The fourth-order valence-corrected chi connectivity index (χ4v) is 11.0. The van der Waals surface area contributed by atoms with Gasteiger partial charge in [0.25, 0.3) is 0 Å². The normalized spacial score (nSPS) is 12.9. The molecule has 2 nitrogen and oxygen atoms in total. The predicted octanol–water partition coefficient (Wildman–Crippen LogP) is 18.2. The van der Waals surface area contributed by atoms with Gasteiger partial charge in [-0.05, 0) is 176 Å². The van der Waals surface area contributed by atoms with E-state index in [-0.39, 0.29) is 0 Å². The minimum Gasteiger partial charge on any atom is -0.456 e. The van der Waals surface area contributed by atoms with Crippen LogP contribution in [-0.2, 0) is 6.42 Å². The molecule has 3 heteroatoms. The van der Waals surface area contributed by atoms with E-state index in [0.717, 1.165) is 47.7 Å². The Morgan fingerprint density at radius 1 is 0.439 bits per heavy atom. The molecule has 0 saturated heterocycles. The molecule has 1 aliphatic rings. The number of hydrogen-bond donors (Lipinski definition) is 0. The molecule has 0 fully saturated rings.